The van der Waals surface area contributed by atoms with Crippen LogP contribution in [0.1, 0.15) is 0 Å². The van der Waals surface area contributed by atoms with Gasteiger partial charge in [0.2, 0.25) is 0 Å². The van der Waals surface area contributed by atoms with E-state index in [1.54, 1.807) is 34.2 Å². The summed E-state index contributed by atoms with van der Waals surface area (Å²) in [6, 6.07) is 15.2. The van der Waals surface area contributed by atoms with Crippen molar-refractivity contribution in [2.75, 3.05) is 0 Å². The van der Waals surface area contributed by atoms with Crippen LogP contribution in [0, 0.1) is 0 Å². The Bertz CT molecular complexity index is 726. The van der Waals surface area contributed by atoms with E-state index in [-0.39, 0.29) is 15.1 Å². The molecule has 9 heteroatoms. The van der Waals surface area contributed by atoms with Crippen LogP contribution < -0.4 is 0 Å². The van der Waals surface area contributed by atoms with Crippen LogP contribution >= 0.6 is 19.4 Å². The molecule has 4 heterocycles. The van der Waals surface area contributed by atoms with Crippen molar-refractivity contribution in [2.45, 2.75) is 0 Å². The summed E-state index contributed by atoms with van der Waals surface area (Å²) in [5, 5.41) is 8.08. The molecule has 0 aliphatic carbocycles. The van der Waals surface area contributed by atoms with Crippen molar-refractivity contribution >= 4 is 19.4 Å². The first-order chi connectivity index (χ1) is 12.3. The molecule has 0 N–H and O–H groups in total. The molecule has 25 heavy (non-hydrogen) atoms. The van der Waals surface area contributed by atoms with E-state index < -0.39 is 0 Å². The molecule has 0 aromatic carbocycles. The first kappa shape index (κ1) is 19.3. The topological polar surface area (TPSA) is 61.4 Å². The third-order valence-corrected chi connectivity index (χ3v) is 2.78. The van der Waals surface area contributed by atoms with Crippen LogP contribution in [-0.4, -0.2) is 29.5 Å². The molecule has 0 fully saturated rings. The molecule has 4 aromatic rings. The molecule has 0 saturated carbocycles. The van der Waals surface area contributed by atoms with Crippen molar-refractivity contribution < 1.29 is 15.1 Å². The Balaban J connectivity index is 0.000000156. The smallest absolute Gasteiger partial charge is 0.153 e. The number of aromatic nitrogens is 6. The van der Waals surface area contributed by atoms with Gasteiger partial charge in [-0.05, 0) is 36.4 Å². The van der Waals surface area contributed by atoms with E-state index in [2.05, 4.69) is 20.2 Å². The van der Waals surface area contributed by atoms with Gasteiger partial charge in [0.25, 0.3) is 0 Å². The molecular formula is C16H14Cl2N6Ru+2. The molecule has 0 amide bonds. The molecule has 4 rings (SSSR count). The average molecular weight is 462 g/mol. The largest absolute Gasteiger partial charge is 0.237 e. The summed E-state index contributed by atoms with van der Waals surface area (Å²) in [5.41, 5.74) is 0. The fourth-order valence-corrected chi connectivity index (χ4v) is 1.79. The standard InChI is InChI=1S/2C8H7N3.2ClH.Ru/c2*1-2-5-9-8(4-1)11-7-3-6-10-11;;;/h2*1-7H;2*1H;/q;;;;+4/p-2. The van der Waals surface area contributed by atoms with Crippen molar-refractivity contribution in [1.82, 2.24) is 29.5 Å². The summed E-state index contributed by atoms with van der Waals surface area (Å²) in [4.78, 5) is 8.24. The number of halogens is 2. The summed E-state index contributed by atoms with van der Waals surface area (Å²) in [6.45, 7) is 0. The molecule has 0 aliphatic rings. The Morgan fingerprint density at radius 3 is 1.36 bits per heavy atom. The van der Waals surface area contributed by atoms with E-state index in [9.17, 15) is 0 Å². The molecule has 0 spiro atoms. The molecule has 0 unspecified atom stereocenters. The second kappa shape index (κ2) is 11.5. The zero-order valence-corrected chi connectivity index (χ0v) is 16.1. The van der Waals surface area contributed by atoms with E-state index in [1.807, 2.05) is 60.9 Å². The van der Waals surface area contributed by atoms with Crippen LogP contribution in [0.5, 0.6) is 0 Å². The van der Waals surface area contributed by atoms with Crippen molar-refractivity contribution in [3.63, 3.8) is 0 Å². The number of rotatable bonds is 2. The third kappa shape index (κ3) is 6.74. The van der Waals surface area contributed by atoms with Crippen LogP contribution in [0.15, 0.2) is 85.7 Å². The summed E-state index contributed by atoms with van der Waals surface area (Å²) in [6.07, 6.45) is 10.7. The van der Waals surface area contributed by atoms with Gasteiger partial charge in [0.05, 0.1) is 0 Å². The SMILES string of the molecule is [Cl][Ru+2][Cl].c1ccc(-n2cccn2)nc1.c1ccc(-n2cccn2)nc1. The van der Waals surface area contributed by atoms with Gasteiger partial charge in [-0.15, -0.1) is 0 Å². The summed E-state index contributed by atoms with van der Waals surface area (Å²) in [7, 11) is 9.71. The van der Waals surface area contributed by atoms with Crippen molar-refractivity contribution in [2.24, 2.45) is 0 Å². The molecule has 4 aromatic heterocycles. The van der Waals surface area contributed by atoms with Gasteiger partial charge in [-0.25, -0.2) is 19.3 Å². The zero-order chi connectivity index (χ0) is 17.7. The van der Waals surface area contributed by atoms with Crippen molar-refractivity contribution in [3.8, 4) is 11.6 Å². The summed E-state index contributed by atoms with van der Waals surface area (Å²) < 4.78 is 3.44. The molecule has 0 atom stereocenters. The van der Waals surface area contributed by atoms with Gasteiger partial charge in [-0.1, -0.05) is 12.1 Å². The van der Waals surface area contributed by atoms with Crippen LogP contribution in [0.25, 0.3) is 11.6 Å². The number of nitrogens with zero attached hydrogens (tertiary/aromatic N) is 6. The Morgan fingerprint density at radius 2 is 1.08 bits per heavy atom. The average Bonchev–Trinajstić information content (AvgIpc) is 3.39. The summed E-state index contributed by atoms with van der Waals surface area (Å²) >= 11 is -0.346. The minimum atomic E-state index is -0.346. The second-order valence-corrected chi connectivity index (χ2v) is 6.97. The Morgan fingerprint density at radius 1 is 0.640 bits per heavy atom. The molecule has 0 radical (unpaired) electrons. The van der Waals surface area contributed by atoms with Crippen LogP contribution in [-0.2, 0) is 15.1 Å². The minimum absolute atomic E-state index is 0.346. The second-order valence-electron chi connectivity index (χ2n) is 4.33. The van der Waals surface area contributed by atoms with Gasteiger partial charge >= 0.3 is 34.5 Å². The number of pyridine rings is 2. The normalized spacial score (nSPS) is 9.36. The monoisotopic (exact) mass is 462 g/mol. The Labute approximate surface area is 161 Å². The van der Waals surface area contributed by atoms with Crippen molar-refractivity contribution in [1.29, 1.82) is 0 Å². The third-order valence-electron chi connectivity index (χ3n) is 2.78. The van der Waals surface area contributed by atoms with E-state index in [1.165, 1.54) is 0 Å². The fraction of sp³-hybridized carbons (Fsp3) is 0. The quantitative estimate of drug-likeness (QED) is 0.424. The number of hydrogen-bond donors (Lipinski definition) is 0. The van der Waals surface area contributed by atoms with Crippen LogP contribution in [0.3, 0.4) is 0 Å². The Kier molecular flexibility index (Phi) is 8.83. The van der Waals surface area contributed by atoms with Gasteiger partial charge in [-0.2, -0.15) is 10.2 Å². The first-order valence-electron chi connectivity index (χ1n) is 7.02. The molecule has 0 bridgehead atoms. The maximum Gasteiger partial charge on any atom is 0.153 e. The van der Waals surface area contributed by atoms with Crippen LogP contribution in [0.4, 0.5) is 0 Å². The van der Waals surface area contributed by atoms with E-state index in [0.717, 1.165) is 11.6 Å². The van der Waals surface area contributed by atoms with E-state index in [4.69, 9.17) is 19.4 Å². The molecular weight excluding hydrogens is 448 g/mol. The molecule has 0 saturated heterocycles. The predicted molar refractivity (Wildman–Crippen MR) is 94.4 cm³/mol. The summed E-state index contributed by atoms with van der Waals surface area (Å²) in [5.74, 6) is 1.69. The number of hydrogen-bond acceptors (Lipinski definition) is 4. The van der Waals surface area contributed by atoms with Crippen molar-refractivity contribution in [3.05, 3.63) is 85.7 Å². The van der Waals surface area contributed by atoms with E-state index in [0.29, 0.717) is 0 Å². The van der Waals surface area contributed by atoms with Gasteiger partial charge in [0.1, 0.15) is 0 Å². The van der Waals surface area contributed by atoms with Gasteiger partial charge in [0, 0.05) is 37.2 Å². The molecule has 6 nitrogen and oxygen atoms in total. The van der Waals surface area contributed by atoms with Crippen LogP contribution in [0.2, 0.25) is 0 Å². The van der Waals surface area contributed by atoms with Gasteiger partial charge in [0.15, 0.2) is 11.6 Å². The molecule has 0 aliphatic heterocycles. The fourth-order valence-electron chi connectivity index (χ4n) is 1.79. The predicted octanol–water partition coefficient (Wildman–Crippen LogP) is 3.91. The molecule has 128 valence electrons. The van der Waals surface area contributed by atoms with Gasteiger partial charge < -0.3 is 0 Å². The first-order valence-corrected chi connectivity index (χ1v) is 11.5. The van der Waals surface area contributed by atoms with Gasteiger partial charge in [-0.3, -0.25) is 0 Å². The Hall–Kier alpha value is -2.08. The maximum atomic E-state index is 4.85. The van der Waals surface area contributed by atoms with E-state index >= 15 is 0 Å². The maximum absolute atomic E-state index is 4.85. The zero-order valence-electron chi connectivity index (χ0n) is 12.9. The minimum Gasteiger partial charge on any atom is -0.237 e.